The number of quaternary nitrogens is 2. The third-order valence-electron chi connectivity index (χ3n) is 3.35. The Balaban J connectivity index is 1.80. The average molecular weight is 270 g/mol. The van der Waals surface area contributed by atoms with E-state index in [0.717, 1.165) is 31.9 Å². The van der Waals surface area contributed by atoms with Gasteiger partial charge in [0, 0.05) is 10.7 Å². The zero-order chi connectivity index (χ0) is 13.0. The molecule has 0 spiro atoms. The number of likely N-dealkylation sites (N-methyl/N-ethyl adjacent to an activating group) is 1. The van der Waals surface area contributed by atoms with E-state index in [-0.39, 0.29) is 5.91 Å². The van der Waals surface area contributed by atoms with Crippen molar-refractivity contribution in [2.24, 2.45) is 0 Å². The molecule has 2 rings (SSSR count). The van der Waals surface area contributed by atoms with Gasteiger partial charge in [0.05, 0.1) is 7.05 Å². The van der Waals surface area contributed by atoms with E-state index in [1.807, 2.05) is 12.1 Å². The lowest BCUT2D eigenvalue weighted by atomic mass is 10.3. The van der Waals surface area contributed by atoms with Crippen LogP contribution in [0.25, 0.3) is 0 Å². The lowest BCUT2D eigenvalue weighted by Crippen LogP contribution is -3.27. The monoisotopic (exact) mass is 269 g/mol. The minimum absolute atomic E-state index is 0.0758. The molecule has 18 heavy (non-hydrogen) atoms. The molecule has 0 atom stereocenters. The number of halogens is 1. The smallest absolute Gasteiger partial charge is 0.279 e. The van der Waals surface area contributed by atoms with Gasteiger partial charge >= 0.3 is 0 Å². The summed E-state index contributed by atoms with van der Waals surface area (Å²) in [7, 11) is 2.20. The molecule has 1 aliphatic heterocycles. The molecular weight excluding hydrogens is 250 g/mol. The average Bonchev–Trinajstić information content (AvgIpc) is 2.35. The van der Waals surface area contributed by atoms with E-state index in [9.17, 15) is 4.79 Å². The highest BCUT2D eigenvalue weighted by atomic mass is 35.5. The Labute approximate surface area is 113 Å². The lowest BCUT2D eigenvalue weighted by molar-refractivity contribution is -0.999. The maximum Gasteiger partial charge on any atom is 0.279 e. The normalized spacial score (nSPS) is 23.7. The number of nitrogens with one attached hydrogen (secondary N) is 3. The maximum atomic E-state index is 11.9. The van der Waals surface area contributed by atoms with Crippen molar-refractivity contribution in [1.82, 2.24) is 0 Å². The van der Waals surface area contributed by atoms with Crippen LogP contribution < -0.4 is 15.1 Å². The molecule has 3 N–H and O–H groups in total. The summed E-state index contributed by atoms with van der Waals surface area (Å²) in [6.45, 7) is 4.97. The Kier molecular flexibility index (Phi) is 4.58. The first-order chi connectivity index (χ1) is 8.63. The summed E-state index contributed by atoms with van der Waals surface area (Å²) >= 11 is 5.80. The van der Waals surface area contributed by atoms with Crippen molar-refractivity contribution in [1.29, 1.82) is 0 Å². The van der Waals surface area contributed by atoms with E-state index in [0.29, 0.717) is 11.6 Å². The molecule has 0 saturated carbocycles. The zero-order valence-electron chi connectivity index (χ0n) is 10.6. The van der Waals surface area contributed by atoms with Crippen molar-refractivity contribution >= 4 is 23.2 Å². The Morgan fingerprint density at radius 1 is 1.22 bits per heavy atom. The summed E-state index contributed by atoms with van der Waals surface area (Å²) in [6.07, 6.45) is 0. The number of hydrogen-bond acceptors (Lipinski definition) is 1. The van der Waals surface area contributed by atoms with Crippen LogP contribution in [-0.2, 0) is 4.79 Å². The summed E-state index contributed by atoms with van der Waals surface area (Å²) in [5.74, 6) is 0.0758. The van der Waals surface area contributed by atoms with Gasteiger partial charge in [0.1, 0.15) is 26.2 Å². The molecule has 1 aliphatic rings. The topological polar surface area (TPSA) is 38.0 Å². The molecule has 4 nitrogen and oxygen atoms in total. The Bertz CT molecular complexity index is 399. The Morgan fingerprint density at radius 3 is 2.44 bits per heavy atom. The molecule has 0 aromatic heterocycles. The maximum absolute atomic E-state index is 11.9. The van der Waals surface area contributed by atoms with E-state index in [1.54, 1.807) is 17.0 Å². The molecule has 1 amide bonds. The van der Waals surface area contributed by atoms with Crippen LogP contribution >= 0.6 is 11.6 Å². The number of benzene rings is 1. The number of amides is 1. The standard InChI is InChI=1S/C13H18ClN3O/c1-16-6-8-17(9-7-16)10-13(18)15-12-4-2-11(14)3-5-12/h2-5H,6-10H2,1H3,(H,15,18)/p+2. The predicted molar refractivity (Wildman–Crippen MR) is 72.3 cm³/mol. The van der Waals surface area contributed by atoms with Gasteiger partial charge in [0.15, 0.2) is 6.54 Å². The van der Waals surface area contributed by atoms with Gasteiger partial charge in [-0.15, -0.1) is 0 Å². The first-order valence-electron chi connectivity index (χ1n) is 6.34. The molecule has 1 saturated heterocycles. The van der Waals surface area contributed by atoms with Crippen LogP contribution in [0.1, 0.15) is 0 Å². The lowest BCUT2D eigenvalue weighted by Gasteiger charge is -2.26. The van der Waals surface area contributed by atoms with Crippen molar-refractivity contribution in [3.8, 4) is 0 Å². The van der Waals surface area contributed by atoms with Crippen molar-refractivity contribution < 1.29 is 14.6 Å². The third kappa shape index (κ3) is 3.98. The van der Waals surface area contributed by atoms with Gasteiger partial charge in [0.2, 0.25) is 0 Å². The van der Waals surface area contributed by atoms with Gasteiger partial charge in [-0.3, -0.25) is 4.79 Å². The largest absolute Gasteiger partial charge is 0.328 e. The second kappa shape index (κ2) is 6.18. The van der Waals surface area contributed by atoms with Crippen LogP contribution in [0.3, 0.4) is 0 Å². The van der Waals surface area contributed by atoms with E-state index in [4.69, 9.17) is 11.6 Å². The third-order valence-corrected chi connectivity index (χ3v) is 3.60. The van der Waals surface area contributed by atoms with E-state index in [1.165, 1.54) is 4.90 Å². The predicted octanol–water partition coefficient (Wildman–Crippen LogP) is -1.31. The van der Waals surface area contributed by atoms with Crippen molar-refractivity contribution in [3.63, 3.8) is 0 Å². The summed E-state index contributed by atoms with van der Waals surface area (Å²) in [5, 5.41) is 3.58. The van der Waals surface area contributed by atoms with Gasteiger partial charge in [-0.2, -0.15) is 0 Å². The van der Waals surface area contributed by atoms with Crippen molar-refractivity contribution in [2.45, 2.75) is 0 Å². The number of anilines is 1. The second-order valence-corrected chi connectivity index (χ2v) is 5.38. The Morgan fingerprint density at radius 2 is 1.83 bits per heavy atom. The molecule has 0 bridgehead atoms. The summed E-state index contributed by atoms with van der Waals surface area (Å²) in [5.41, 5.74) is 0.809. The minimum atomic E-state index is 0.0758. The summed E-state index contributed by atoms with van der Waals surface area (Å²) in [4.78, 5) is 14.8. The first kappa shape index (κ1) is 13.3. The SMILES string of the molecule is C[NH+]1CC[NH+](CC(=O)Nc2ccc(Cl)cc2)CC1. The molecule has 1 fully saturated rings. The molecule has 0 aliphatic carbocycles. The van der Waals surface area contributed by atoms with Gasteiger partial charge in [0.25, 0.3) is 5.91 Å². The number of carbonyl (C=O) groups is 1. The fraction of sp³-hybridized carbons (Fsp3) is 0.462. The molecule has 0 unspecified atom stereocenters. The quantitative estimate of drug-likeness (QED) is 0.627. The van der Waals surface area contributed by atoms with Crippen LogP contribution in [0.2, 0.25) is 5.02 Å². The van der Waals surface area contributed by atoms with Gasteiger partial charge in [-0.25, -0.2) is 0 Å². The highest BCUT2D eigenvalue weighted by Gasteiger charge is 2.22. The number of rotatable bonds is 3. The molecule has 0 radical (unpaired) electrons. The number of hydrogen-bond donors (Lipinski definition) is 3. The van der Waals surface area contributed by atoms with Crippen molar-refractivity contribution in [2.75, 3.05) is 45.1 Å². The summed E-state index contributed by atoms with van der Waals surface area (Å²) < 4.78 is 0. The number of piperazine rings is 1. The van der Waals surface area contributed by atoms with Crippen LogP contribution in [0.4, 0.5) is 5.69 Å². The van der Waals surface area contributed by atoms with Gasteiger partial charge in [-0.1, -0.05) is 11.6 Å². The molecule has 1 heterocycles. The van der Waals surface area contributed by atoms with Crippen LogP contribution in [0.5, 0.6) is 0 Å². The zero-order valence-corrected chi connectivity index (χ0v) is 11.4. The highest BCUT2D eigenvalue weighted by Crippen LogP contribution is 2.12. The molecule has 5 heteroatoms. The molecular formula is C13H20ClN3O+2. The highest BCUT2D eigenvalue weighted by molar-refractivity contribution is 6.30. The van der Waals surface area contributed by atoms with E-state index in [2.05, 4.69) is 12.4 Å². The first-order valence-corrected chi connectivity index (χ1v) is 6.71. The fourth-order valence-corrected chi connectivity index (χ4v) is 2.30. The fourth-order valence-electron chi connectivity index (χ4n) is 2.17. The van der Waals surface area contributed by atoms with E-state index < -0.39 is 0 Å². The van der Waals surface area contributed by atoms with Crippen LogP contribution in [0, 0.1) is 0 Å². The van der Waals surface area contributed by atoms with Gasteiger partial charge < -0.3 is 15.1 Å². The summed E-state index contributed by atoms with van der Waals surface area (Å²) in [6, 6.07) is 7.21. The van der Waals surface area contributed by atoms with Crippen molar-refractivity contribution in [3.05, 3.63) is 29.3 Å². The molecule has 98 valence electrons. The molecule has 1 aromatic rings. The van der Waals surface area contributed by atoms with Crippen LogP contribution in [0.15, 0.2) is 24.3 Å². The van der Waals surface area contributed by atoms with E-state index >= 15 is 0 Å². The molecule has 1 aromatic carbocycles. The van der Waals surface area contributed by atoms with Crippen LogP contribution in [-0.4, -0.2) is 45.7 Å². The number of carbonyl (C=O) groups excluding carboxylic acids is 1. The van der Waals surface area contributed by atoms with Gasteiger partial charge in [-0.05, 0) is 24.3 Å². The minimum Gasteiger partial charge on any atom is -0.328 e. The Hall–Kier alpha value is -1.10. The second-order valence-electron chi connectivity index (χ2n) is 4.94.